The topological polar surface area (TPSA) is 68.5 Å². The van der Waals surface area contributed by atoms with Crippen molar-refractivity contribution in [2.24, 2.45) is 0 Å². The number of amides is 1. The molecule has 0 unspecified atom stereocenters. The van der Waals surface area contributed by atoms with Crippen LogP contribution in [0.25, 0.3) is 5.65 Å². The zero-order chi connectivity index (χ0) is 20.5. The summed E-state index contributed by atoms with van der Waals surface area (Å²) in [4.78, 5) is 23.1. The number of nitrogens with zero attached hydrogens (tertiary/aromatic N) is 3. The van der Waals surface area contributed by atoms with Crippen LogP contribution in [0.2, 0.25) is 0 Å². The molecule has 0 fully saturated rings. The van der Waals surface area contributed by atoms with Crippen LogP contribution >= 0.6 is 11.3 Å². The van der Waals surface area contributed by atoms with E-state index in [2.05, 4.69) is 15.3 Å². The minimum Gasteiger partial charge on any atom is -0.487 e. The first-order chi connectivity index (χ1) is 14.6. The minimum absolute atomic E-state index is 0.172. The summed E-state index contributed by atoms with van der Waals surface area (Å²) in [6.07, 6.45) is 8.45. The van der Waals surface area contributed by atoms with Gasteiger partial charge in [-0.3, -0.25) is 10.1 Å². The first kappa shape index (κ1) is 18.8. The molecule has 0 spiro atoms. The summed E-state index contributed by atoms with van der Waals surface area (Å²) < 4.78 is 7.88. The summed E-state index contributed by atoms with van der Waals surface area (Å²) in [7, 11) is 0. The average Bonchev–Trinajstić information content (AvgIpc) is 3.35. The number of aryl methyl sites for hydroxylation is 3. The Bertz CT molecular complexity index is 1200. The standard InChI is InChI=1S/C23H22N4O2S/c1-15-9-10-21-24-17(13-27(21)12-15)14-29-18-6-4-5-16(11-18)22(28)26-23-25-19-7-2-3-8-20(19)30-23/h4-6,9-13H,2-3,7-8,14H2,1H3,(H,25,26,28). The summed E-state index contributed by atoms with van der Waals surface area (Å²) in [5.74, 6) is 0.462. The van der Waals surface area contributed by atoms with Crippen molar-refractivity contribution in [3.63, 3.8) is 0 Å². The van der Waals surface area contributed by atoms with Gasteiger partial charge in [-0.05, 0) is 62.4 Å². The number of thiazole rings is 1. The number of carbonyl (C=O) groups is 1. The zero-order valence-electron chi connectivity index (χ0n) is 16.7. The van der Waals surface area contributed by atoms with Crippen molar-refractivity contribution in [2.45, 2.75) is 39.2 Å². The Morgan fingerprint density at radius 1 is 1.17 bits per heavy atom. The summed E-state index contributed by atoms with van der Waals surface area (Å²) in [6, 6.07) is 11.2. The van der Waals surface area contributed by atoms with Gasteiger partial charge in [0.25, 0.3) is 5.91 Å². The van der Waals surface area contributed by atoms with Gasteiger partial charge in [-0.15, -0.1) is 11.3 Å². The Kier molecular flexibility index (Phi) is 4.96. The predicted molar refractivity (Wildman–Crippen MR) is 117 cm³/mol. The molecule has 3 heterocycles. The van der Waals surface area contributed by atoms with Crippen molar-refractivity contribution >= 4 is 28.0 Å². The number of fused-ring (bicyclic) bond motifs is 2. The van der Waals surface area contributed by atoms with E-state index in [1.165, 1.54) is 23.3 Å². The molecule has 1 N–H and O–H groups in total. The van der Waals surface area contributed by atoms with Crippen LogP contribution in [-0.2, 0) is 19.4 Å². The molecular weight excluding hydrogens is 396 g/mol. The van der Waals surface area contributed by atoms with Crippen molar-refractivity contribution in [2.75, 3.05) is 5.32 Å². The molecule has 152 valence electrons. The summed E-state index contributed by atoms with van der Waals surface area (Å²) in [6.45, 7) is 2.39. The van der Waals surface area contributed by atoms with Gasteiger partial charge in [0.15, 0.2) is 5.13 Å². The number of carbonyl (C=O) groups excluding carboxylic acids is 1. The van der Waals surface area contributed by atoms with Crippen LogP contribution in [0.5, 0.6) is 5.75 Å². The first-order valence-electron chi connectivity index (χ1n) is 10.1. The molecule has 0 atom stereocenters. The van der Waals surface area contributed by atoms with E-state index in [1.54, 1.807) is 23.5 Å². The highest BCUT2D eigenvalue weighted by Crippen LogP contribution is 2.30. The molecule has 1 amide bonds. The first-order valence-corrected chi connectivity index (χ1v) is 10.9. The average molecular weight is 419 g/mol. The third kappa shape index (κ3) is 3.93. The van der Waals surface area contributed by atoms with Crippen LogP contribution in [0.15, 0.2) is 48.8 Å². The Hall–Kier alpha value is -3.19. The van der Waals surface area contributed by atoms with Gasteiger partial charge in [-0.25, -0.2) is 9.97 Å². The van der Waals surface area contributed by atoms with Crippen LogP contribution in [0.1, 0.15) is 45.0 Å². The molecule has 5 rings (SSSR count). The lowest BCUT2D eigenvalue weighted by Gasteiger charge is -2.07. The van der Waals surface area contributed by atoms with Gasteiger partial charge in [0.2, 0.25) is 0 Å². The summed E-state index contributed by atoms with van der Waals surface area (Å²) >= 11 is 1.59. The van der Waals surface area contributed by atoms with Crippen LogP contribution in [0.4, 0.5) is 5.13 Å². The van der Waals surface area contributed by atoms with E-state index in [-0.39, 0.29) is 5.91 Å². The second kappa shape index (κ2) is 7.91. The van der Waals surface area contributed by atoms with E-state index in [0.717, 1.165) is 29.9 Å². The fraction of sp³-hybridized carbons (Fsp3) is 0.261. The van der Waals surface area contributed by atoms with Crippen molar-refractivity contribution in [3.8, 4) is 5.75 Å². The number of anilines is 1. The maximum atomic E-state index is 12.7. The van der Waals surface area contributed by atoms with Crippen molar-refractivity contribution in [1.82, 2.24) is 14.4 Å². The largest absolute Gasteiger partial charge is 0.487 e. The Labute approximate surface area is 178 Å². The second-order valence-electron chi connectivity index (χ2n) is 7.57. The lowest BCUT2D eigenvalue weighted by Crippen LogP contribution is -2.12. The number of hydrogen-bond donors (Lipinski definition) is 1. The molecule has 7 heteroatoms. The second-order valence-corrected chi connectivity index (χ2v) is 8.65. The van der Waals surface area contributed by atoms with Crippen LogP contribution in [0, 0.1) is 6.92 Å². The molecule has 6 nitrogen and oxygen atoms in total. The minimum atomic E-state index is -0.172. The zero-order valence-corrected chi connectivity index (χ0v) is 17.5. The van der Waals surface area contributed by atoms with E-state index in [9.17, 15) is 4.79 Å². The SMILES string of the molecule is Cc1ccc2nc(COc3cccc(C(=O)Nc4nc5c(s4)CCCC5)c3)cn2c1. The highest BCUT2D eigenvalue weighted by Gasteiger charge is 2.17. The number of imidazole rings is 1. The number of hydrogen-bond acceptors (Lipinski definition) is 5. The highest BCUT2D eigenvalue weighted by molar-refractivity contribution is 7.15. The predicted octanol–water partition coefficient (Wildman–Crippen LogP) is 4.81. The molecular formula is C23H22N4O2S. The maximum absolute atomic E-state index is 12.7. The highest BCUT2D eigenvalue weighted by atomic mass is 32.1. The molecule has 1 aliphatic carbocycles. The number of rotatable bonds is 5. The number of aromatic nitrogens is 3. The molecule has 3 aromatic heterocycles. The lowest BCUT2D eigenvalue weighted by molar-refractivity contribution is 0.102. The van der Waals surface area contributed by atoms with Crippen LogP contribution in [-0.4, -0.2) is 20.3 Å². The Balaban J connectivity index is 1.26. The van der Waals surface area contributed by atoms with E-state index >= 15 is 0 Å². The third-order valence-electron chi connectivity index (χ3n) is 5.20. The number of ether oxygens (including phenoxy) is 1. The molecule has 30 heavy (non-hydrogen) atoms. The fourth-order valence-corrected chi connectivity index (χ4v) is 4.73. The fourth-order valence-electron chi connectivity index (χ4n) is 3.68. The number of benzene rings is 1. The van der Waals surface area contributed by atoms with Crippen LogP contribution in [0.3, 0.4) is 0 Å². The van der Waals surface area contributed by atoms with E-state index < -0.39 is 0 Å². The van der Waals surface area contributed by atoms with Gasteiger partial charge in [-0.2, -0.15) is 0 Å². The molecule has 0 radical (unpaired) electrons. The Morgan fingerprint density at radius 3 is 2.97 bits per heavy atom. The van der Waals surface area contributed by atoms with Crippen molar-refractivity contribution < 1.29 is 9.53 Å². The van der Waals surface area contributed by atoms with E-state index in [1.807, 2.05) is 48.0 Å². The van der Waals surface area contributed by atoms with Gasteiger partial charge in [0.05, 0.1) is 11.4 Å². The summed E-state index contributed by atoms with van der Waals surface area (Å²) in [5.41, 5.74) is 4.59. The number of pyridine rings is 1. The van der Waals surface area contributed by atoms with Crippen molar-refractivity contribution in [1.29, 1.82) is 0 Å². The monoisotopic (exact) mass is 418 g/mol. The van der Waals surface area contributed by atoms with Gasteiger partial charge >= 0.3 is 0 Å². The van der Waals surface area contributed by atoms with Crippen molar-refractivity contribution in [3.05, 3.63) is 76.2 Å². The maximum Gasteiger partial charge on any atom is 0.257 e. The smallest absolute Gasteiger partial charge is 0.257 e. The third-order valence-corrected chi connectivity index (χ3v) is 6.27. The quantitative estimate of drug-likeness (QED) is 0.505. The molecule has 0 aliphatic heterocycles. The molecule has 1 aliphatic rings. The Morgan fingerprint density at radius 2 is 2.07 bits per heavy atom. The molecule has 0 bridgehead atoms. The van der Waals surface area contributed by atoms with Gasteiger partial charge in [-0.1, -0.05) is 12.1 Å². The van der Waals surface area contributed by atoms with E-state index in [4.69, 9.17) is 4.74 Å². The normalized spacial score (nSPS) is 13.2. The van der Waals surface area contributed by atoms with E-state index in [0.29, 0.717) is 23.1 Å². The van der Waals surface area contributed by atoms with Crippen LogP contribution < -0.4 is 10.1 Å². The molecule has 0 saturated heterocycles. The van der Waals surface area contributed by atoms with Gasteiger partial charge in [0.1, 0.15) is 18.0 Å². The molecule has 4 aromatic rings. The van der Waals surface area contributed by atoms with Gasteiger partial charge < -0.3 is 9.14 Å². The number of nitrogens with one attached hydrogen (secondary N) is 1. The molecule has 0 saturated carbocycles. The molecule has 1 aromatic carbocycles. The lowest BCUT2D eigenvalue weighted by atomic mass is 10.0. The summed E-state index contributed by atoms with van der Waals surface area (Å²) in [5, 5.41) is 3.62. The van der Waals surface area contributed by atoms with Gasteiger partial charge in [0, 0.05) is 22.8 Å².